The first-order chi connectivity index (χ1) is 15.1. The molecule has 1 aromatic carbocycles. The number of alkyl halides is 2. The maximum absolute atomic E-state index is 12.4. The highest BCUT2D eigenvalue weighted by atomic mass is 35.5. The lowest BCUT2D eigenvalue weighted by Gasteiger charge is -2.47. The van der Waals surface area contributed by atoms with Crippen molar-refractivity contribution in [3.8, 4) is 5.88 Å². The van der Waals surface area contributed by atoms with Crippen LogP contribution in [0.4, 0.5) is 5.69 Å². The third-order valence-corrected chi connectivity index (χ3v) is 8.38. The maximum atomic E-state index is 12.4. The van der Waals surface area contributed by atoms with Crippen LogP contribution in [-0.4, -0.2) is 28.0 Å². The van der Waals surface area contributed by atoms with Gasteiger partial charge in [0.2, 0.25) is 5.91 Å². The van der Waals surface area contributed by atoms with Crippen LogP contribution in [0.2, 0.25) is 0 Å². The van der Waals surface area contributed by atoms with Crippen molar-refractivity contribution in [1.29, 1.82) is 0 Å². The van der Waals surface area contributed by atoms with E-state index < -0.39 is 5.60 Å². The molecule has 4 nitrogen and oxygen atoms in total. The molecule has 1 aliphatic carbocycles. The molecule has 0 radical (unpaired) electrons. The van der Waals surface area contributed by atoms with Gasteiger partial charge in [0.1, 0.15) is 5.60 Å². The first-order valence-electron chi connectivity index (χ1n) is 11.0. The van der Waals surface area contributed by atoms with E-state index in [1.807, 2.05) is 24.3 Å². The summed E-state index contributed by atoms with van der Waals surface area (Å²) in [6, 6.07) is 11.6. The molecule has 7 heteroatoms. The highest BCUT2D eigenvalue weighted by molar-refractivity contribution is 7.99. The number of thioether (sulfide) groups is 1. The Morgan fingerprint density at radius 1 is 1.25 bits per heavy atom. The van der Waals surface area contributed by atoms with Gasteiger partial charge in [-0.2, -0.15) is 0 Å². The van der Waals surface area contributed by atoms with Crippen LogP contribution < -0.4 is 15.0 Å². The molecule has 3 atom stereocenters. The molecule has 3 unspecified atom stereocenters. The summed E-state index contributed by atoms with van der Waals surface area (Å²) in [7, 11) is 0. The molecule has 0 aliphatic heterocycles. The fourth-order valence-corrected chi connectivity index (χ4v) is 5.28. The minimum absolute atomic E-state index is 0.00283. The Balaban J connectivity index is 1.56. The average Bonchev–Trinajstić information content (AvgIpc) is 2.74. The minimum atomic E-state index is -0.481. The third-order valence-electron chi connectivity index (χ3n) is 6.38. The van der Waals surface area contributed by atoms with Gasteiger partial charge in [0.25, 0.3) is 0 Å². The second-order valence-electron chi connectivity index (χ2n) is 9.06. The van der Waals surface area contributed by atoms with Crippen molar-refractivity contribution in [2.75, 3.05) is 11.1 Å². The number of amides is 1. The molecule has 0 saturated heterocycles. The Morgan fingerprint density at radius 2 is 1.97 bits per heavy atom. The third kappa shape index (κ3) is 6.25. The predicted octanol–water partition coefficient (Wildman–Crippen LogP) is 5.94. The summed E-state index contributed by atoms with van der Waals surface area (Å²) in [5.74, 6) is 1.39. The van der Waals surface area contributed by atoms with Crippen molar-refractivity contribution in [1.82, 2.24) is 0 Å². The molecule has 1 N–H and O–H groups in total. The van der Waals surface area contributed by atoms with Crippen molar-refractivity contribution >= 4 is 46.6 Å². The number of halogens is 2. The number of hydrogen-bond donors (Lipinski definition) is 1. The fraction of sp³-hybridized carbons (Fsp3) is 0.520. The molecule has 0 spiro atoms. The number of ether oxygens (including phenoxy) is 1. The first-order valence-corrected chi connectivity index (χ1v) is 12.9. The fourth-order valence-electron chi connectivity index (χ4n) is 3.95. The zero-order valence-electron chi connectivity index (χ0n) is 19.1. The Labute approximate surface area is 205 Å². The number of carbonyl (C=O) groups is 1. The van der Waals surface area contributed by atoms with Gasteiger partial charge >= 0.3 is 12.1 Å². The number of nitrogens with zero attached hydrogens (tertiary/aromatic N) is 1. The predicted molar refractivity (Wildman–Crippen MR) is 132 cm³/mol. The molecular weight excluding hydrogens is 463 g/mol. The molecule has 1 fully saturated rings. The zero-order chi connectivity index (χ0) is 23.4. The van der Waals surface area contributed by atoms with Gasteiger partial charge in [-0.15, -0.1) is 35.0 Å². The summed E-state index contributed by atoms with van der Waals surface area (Å²) in [5.41, 5.74) is 0.887. The molecule has 1 aromatic heterocycles. The normalized spacial score (nSPS) is 23.3. The maximum Gasteiger partial charge on any atom is 0.501 e. The van der Waals surface area contributed by atoms with Gasteiger partial charge in [0.05, 0.1) is 17.9 Å². The summed E-state index contributed by atoms with van der Waals surface area (Å²) in [4.78, 5) is 17.9. The van der Waals surface area contributed by atoms with Gasteiger partial charge in [-0.3, -0.25) is 4.79 Å². The Morgan fingerprint density at radius 3 is 2.56 bits per heavy atom. The van der Waals surface area contributed by atoms with E-state index in [0.717, 1.165) is 30.6 Å². The lowest BCUT2D eigenvalue weighted by Crippen LogP contribution is -2.51. The van der Waals surface area contributed by atoms with Gasteiger partial charge in [-0.1, -0.05) is 26.0 Å². The molecule has 1 amide bonds. The van der Waals surface area contributed by atoms with E-state index in [9.17, 15) is 4.79 Å². The van der Waals surface area contributed by atoms with E-state index in [-0.39, 0.29) is 22.1 Å². The minimum Gasteiger partial charge on any atom is -0.424 e. The number of nitrogens with one attached hydrogen (secondary N) is 1. The molecule has 1 heterocycles. The average molecular weight is 495 g/mol. The highest BCUT2D eigenvalue weighted by Gasteiger charge is 2.49. The van der Waals surface area contributed by atoms with Crippen molar-refractivity contribution in [3.05, 3.63) is 48.2 Å². The quantitative estimate of drug-likeness (QED) is 0.365. The lowest BCUT2D eigenvalue weighted by atomic mass is 9.65. The second-order valence-corrected chi connectivity index (χ2v) is 11.5. The van der Waals surface area contributed by atoms with Crippen LogP contribution in [0.15, 0.2) is 41.3 Å². The smallest absolute Gasteiger partial charge is 0.424 e. The largest absolute Gasteiger partial charge is 0.501 e. The molecule has 1 saturated carbocycles. The van der Waals surface area contributed by atoms with Crippen LogP contribution in [0.3, 0.4) is 0 Å². The van der Waals surface area contributed by atoms with E-state index >= 15 is 0 Å². The number of benzene rings is 1. The second kappa shape index (κ2) is 10.5. The van der Waals surface area contributed by atoms with Gasteiger partial charge in [-0.05, 0) is 62.6 Å². The van der Waals surface area contributed by atoms with Gasteiger partial charge in [-0.25, -0.2) is 0 Å². The summed E-state index contributed by atoms with van der Waals surface area (Å²) in [5, 5.41) is 2.78. The van der Waals surface area contributed by atoms with Crippen molar-refractivity contribution < 1.29 is 14.5 Å². The molecule has 3 rings (SSSR count). The Hall–Kier alpha value is -1.61. The first kappa shape index (κ1) is 25.0. The van der Waals surface area contributed by atoms with Crippen molar-refractivity contribution in [2.45, 2.75) is 74.6 Å². The monoisotopic (exact) mass is 493 g/mol. The number of anilines is 1. The van der Waals surface area contributed by atoms with E-state index in [1.165, 1.54) is 4.90 Å². The number of rotatable bonds is 8. The zero-order valence-corrected chi connectivity index (χ0v) is 21.4. The van der Waals surface area contributed by atoms with Gasteiger partial charge in [0.15, 0.2) is 5.69 Å². The van der Waals surface area contributed by atoms with Gasteiger partial charge < -0.3 is 10.1 Å². The lowest BCUT2D eigenvalue weighted by molar-refractivity contribution is -0.327. The molecule has 0 bridgehead atoms. The van der Waals surface area contributed by atoms with Crippen molar-refractivity contribution in [3.63, 3.8) is 0 Å². The number of carbonyl (C=O) groups excluding carboxylic acids is 1. The highest BCUT2D eigenvalue weighted by Crippen LogP contribution is 2.48. The van der Waals surface area contributed by atoms with E-state index in [1.54, 1.807) is 23.9 Å². The molecule has 172 valence electrons. The van der Waals surface area contributed by atoms with E-state index in [2.05, 4.69) is 44.2 Å². The topological polar surface area (TPSA) is 52.4 Å². The van der Waals surface area contributed by atoms with E-state index in [0.29, 0.717) is 18.0 Å². The molecule has 32 heavy (non-hydrogen) atoms. The summed E-state index contributed by atoms with van der Waals surface area (Å²) in [6.45, 7) is 8.44. The van der Waals surface area contributed by atoms with Crippen LogP contribution in [-0.2, 0) is 11.2 Å². The summed E-state index contributed by atoms with van der Waals surface area (Å²) >= 11 is 14.5. The molecule has 2 aromatic rings. The van der Waals surface area contributed by atoms with Crippen LogP contribution in [0, 0.1) is 11.6 Å². The SMILES string of the molecule is CCSc1ccc(CC(=O)Nc2c#[n+]c(OC(C)(C)C3(C)CCC(Cl)C(Cl)C3)cc2)cc1. The standard InChI is InChI=1S/C25H30Cl2N2O2S/c1-5-32-19-9-6-17(7-10-19)14-22(30)29-18-8-11-23(28-16-18)31-24(2,3)25(4)13-12-20(26)21(27)15-25/h6-11,20-21H,5,12-15H2,1-4H3/p+1. The molecular formula is C25H31Cl2N2O2S+. The van der Waals surface area contributed by atoms with Crippen LogP contribution in [0.25, 0.3) is 0 Å². The molecule has 1 aliphatic rings. The van der Waals surface area contributed by atoms with Crippen molar-refractivity contribution in [2.24, 2.45) is 5.41 Å². The Bertz CT molecular complexity index is 905. The Kier molecular flexibility index (Phi) is 8.25. The van der Waals surface area contributed by atoms with Crippen LogP contribution >= 0.6 is 35.0 Å². The van der Waals surface area contributed by atoms with Crippen LogP contribution in [0.5, 0.6) is 5.88 Å². The van der Waals surface area contributed by atoms with E-state index in [4.69, 9.17) is 27.9 Å². The number of aromatic nitrogens is 1. The van der Waals surface area contributed by atoms with Crippen LogP contribution in [0.1, 0.15) is 52.5 Å². The van der Waals surface area contributed by atoms with Gasteiger partial charge in [0, 0.05) is 20.7 Å². The summed E-state index contributed by atoms with van der Waals surface area (Å²) in [6.07, 6.45) is 5.76. The number of hydrogen-bond acceptors (Lipinski definition) is 3. The summed E-state index contributed by atoms with van der Waals surface area (Å²) < 4.78 is 6.26.